The van der Waals surface area contributed by atoms with Crippen LogP contribution in [-0.2, 0) is 0 Å². The summed E-state index contributed by atoms with van der Waals surface area (Å²) in [7, 11) is 0. The van der Waals surface area contributed by atoms with E-state index >= 15 is 0 Å². The van der Waals surface area contributed by atoms with Gasteiger partial charge in [0.05, 0.1) is 17.1 Å². The Morgan fingerprint density at radius 2 is 1.93 bits per heavy atom. The fourth-order valence-electron chi connectivity index (χ4n) is 5.10. The third-order valence-corrected chi connectivity index (χ3v) is 6.30. The number of H-pyrrole nitrogens is 1. The van der Waals surface area contributed by atoms with E-state index in [1.54, 1.807) is 10.6 Å². The SMILES string of the molecule is Cl.NC1CC2CCCC(C1)C2NC(=O)c1cnn2c1[nH]c(=O)c1ccccc12. The van der Waals surface area contributed by atoms with Gasteiger partial charge in [-0.25, -0.2) is 4.52 Å². The summed E-state index contributed by atoms with van der Waals surface area (Å²) in [5.74, 6) is 0.713. The Labute approximate surface area is 168 Å². The monoisotopic (exact) mass is 401 g/mol. The Bertz CT molecular complexity index is 1080. The molecule has 3 aromatic rings. The number of hydrogen-bond donors (Lipinski definition) is 3. The molecule has 2 heterocycles. The lowest BCUT2D eigenvalue weighted by Gasteiger charge is -2.45. The van der Waals surface area contributed by atoms with Gasteiger partial charge in [-0.05, 0) is 49.7 Å². The summed E-state index contributed by atoms with van der Waals surface area (Å²) in [5, 5.41) is 8.14. The maximum atomic E-state index is 13.0. The van der Waals surface area contributed by atoms with Gasteiger partial charge in [0.15, 0.2) is 0 Å². The van der Waals surface area contributed by atoms with Crippen LogP contribution in [-0.4, -0.2) is 32.6 Å². The van der Waals surface area contributed by atoms with Crippen LogP contribution in [0.15, 0.2) is 35.3 Å². The van der Waals surface area contributed by atoms with Crippen molar-refractivity contribution < 1.29 is 4.79 Å². The van der Waals surface area contributed by atoms with E-state index in [0.29, 0.717) is 33.9 Å². The molecule has 28 heavy (non-hydrogen) atoms. The number of benzene rings is 1. The van der Waals surface area contributed by atoms with Crippen molar-refractivity contribution in [1.82, 2.24) is 19.9 Å². The van der Waals surface area contributed by atoms with Gasteiger partial charge in [-0.2, -0.15) is 5.10 Å². The molecule has 1 amide bonds. The molecule has 2 bridgehead atoms. The lowest BCUT2D eigenvalue weighted by Crippen LogP contribution is -2.53. The van der Waals surface area contributed by atoms with Gasteiger partial charge in [0.25, 0.3) is 11.5 Å². The Morgan fingerprint density at radius 1 is 1.21 bits per heavy atom. The fourth-order valence-corrected chi connectivity index (χ4v) is 5.10. The van der Waals surface area contributed by atoms with E-state index in [2.05, 4.69) is 15.4 Å². The molecule has 2 saturated carbocycles. The highest BCUT2D eigenvalue weighted by Crippen LogP contribution is 2.39. The zero-order valence-corrected chi connectivity index (χ0v) is 16.2. The summed E-state index contributed by atoms with van der Waals surface area (Å²) in [6.07, 6.45) is 6.92. The fraction of sp³-hybridized carbons (Fsp3) is 0.450. The third kappa shape index (κ3) is 2.99. The number of halogens is 1. The number of carbonyl (C=O) groups excluding carboxylic acids is 1. The molecule has 2 aliphatic carbocycles. The highest BCUT2D eigenvalue weighted by atomic mass is 35.5. The quantitative estimate of drug-likeness (QED) is 0.612. The first kappa shape index (κ1) is 19.0. The molecule has 0 saturated heterocycles. The number of fused-ring (bicyclic) bond motifs is 5. The first-order chi connectivity index (χ1) is 13.1. The molecule has 0 aliphatic heterocycles. The minimum absolute atomic E-state index is 0. The number of aromatic amines is 1. The van der Waals surface area contributed by atoms with E-state index in [4.69, 9.17) is 5.73 Å². The third-order valence-electron chi connectivity index (χ3n) is 6.30. The molecule has 5 rings (SSSR count). The highest BCUT2D eigenvalue weighted by Gasteiger charge is 2.40. The van der Waals surface area contributed by atoms with Crippen molar-refractivity contribution in [3.8, 4) is 0 Å². The van der Waals surface area contributed by atoms with Crippen LogP contribution in [0.25, 0.3) is 16.6 Å². The smallest absolute Gasteiger partial charge is 0.259 e. The molecule has 0 spiro atoms. The van der Waals surface area contributed by atoms with Crippen LogP contribution < -0.4 is 16.6 Å². The summed E-state index contributed by atoms with van der Waals surface area (Å²) in [6, 6.07) is 7.66. The largest absolute Gasteiger partial charge is 0.349 e. The molecule has 1 aromatic carbocycles. The standard InChI is InChI=1S/C20H23N5O2.ClH/c21-13-8-11-4-3-5-12(9-13)17(11)23-20(27)15-10-22-25-16-7-2-1-6-14(16)19(26)24-18(15)25;/h1-2,6-7,10-13,17H,3-5,8-9,21H2,(H,23,27)(H,24,26);1H. The Morgan fingerprint density at radius 3 is 2.68 bits per heavy atom. The molecule has 4 N–H and O–H groups in total. The normalized spacial score (nSPS) is 26.8. The van der Waals surface area contributed by atoms with Crippen molar-refractivity contribution in [2.45, 2.75) is 44.2 Å². The Kier molecular flexibility index (Phi) is 4.89. The summed E-state index contributed by atoms with van der Waals surface area (Å²) in [6.45, 7) is 0. The number of amides is 1. The average molecular weight is 402 g/mol. The summed E-state index contributed by atoms with van der Waals surface area (Å²) in [4.78, 5) is 28.3. The van der Waals surface area contributed by atoms with Crippen LogP contribution in [0.4, 0.5) is 0 Å². The number of nitrogens with two attached hydrogens (primary N) is 1. The zero-order valence-electron chi connectivity index (χ0n) is 15.4. The molecule has 2 aliphatic rings. The van der Waals surface area contributed by atoms with E-state index in [1.165, 1.54) is 12.6 Å². The van der Waals surface area contributed by atoms with Crippen molar-refractivity contribution in [1.29, 1.82) is 0 Å². The topological polar surface area (TPSA) is 105 Å². The first-order valence-electron chi connectivity index (χ1n) is 9.67. The number of nitrogens with one attached hydrogen (secondary N) is 2. The lowest BCUT2D eigenvalue weighted by atomic mass is 9.67. The molecule has 0 radical (unpaired) electrons. The predicted molar refractivity (Wildman–Crippen MR) is 110 cm³/mol. The molecule has 8 heteroatoms. The second-order valence-electron chi connectivity index (χ2n) is 7.97. The van der Waals surface area contributed by atoms with Gasteiger partial charge in [-0.15, -0.1) is 12.4 Å². The van der Waals surface area contributed by atoms with E-state index in [1.807, 2.05) is 18.2 Å². The van der Waals surface area contributed by atoms with Crippen LogP contribution in [0.2, 0.25) is 0 Å². The van der Waals surface area contributed by atoms with Gasteiger partial charge in [0.1, 0.15) is 11.2 Å². The van der Waals surface area contributed by atoms with E-state index < -0.39 is 0 Å². The number of hydrogen-bond acceptors (Lipinski definition) is 4. The Hall–Kier alpha value is -2.38. The Balaban J connectivity index is 0.00000192. The number of nitrogens with zero attached hydrogens (tertiary/aromatic N) is 2. The van der Waals surface area contributed by atoms with Crippen molar-refractivity contribution in [3.05, 3.63) is 46.4 Å². The molecule has 148 valence electrons. The van der Waals surface area contributed by atoms with E-state index in [-0.39, 0.29) is 36.0 Å². The second kappa shape index (κ2) is 7.22. The molecule has 2 unspecified atom stereocenters. The van der Waals surface area contributed by atoms with Crippen LogP contribution in [0.5, 0.6) is 0 Å². The maximum absolute atomic E-state index is 13.0. The van der Waals surface area contributed by atoms with Gasteiger partial charge in [-0.3, -0.25) is 9.59 Å². The molecular weight excluding hydrogens is 378 g/mol. The molecule has 2 fully saturated rings. The van der Waals surface area contributed by atoms with E-state index in [9.17, 15) is 9.59 Å². The van der Waals surface area contributed by atoms with Crippen LogP contribution in [0, 0.1) is 11.8 Å². The maximum Gasteiger partial charge on any atom is 0.259 e. The number of para-hydroxylation sites is 1. The molecule has 2 aromatic heterocycles. The molecule has 7 nitrogen and oxygen atoms in total. The van der Waals surface area contributed by atoms with Crippen molar-refractivity contribution in [3.63, 3.8) is 0 Å². The van der Waals surface area contributed by atoms with Crippen molar-refractivity contribution in [2.75, 3.05) is 0 Å². The first-order valence-corrected chi connectivity index (χ1v) is 9.67. The summed E-state index contributed by atoms with van der Waals surface area (Å²) >= 11 is 0. The van der Waals surface area contributed by atoms with Crippen molar-refractivity contribution in [2.24, 2.45) is 17.6 Å². The van der Waals surface area contributed by atoms with Crippen molar-refractivity contribution >= 4 is 34.9 Å². The van der Waals surface area contributed by atoms with Crippen LogP contribution in [0.3, 0.4) is 0 Å². The van der Waals surface area contributed by atoms with Gasteiger partial charge < -0.3 is 16.0 Å². The van der Waals surface area contributed by atoms with E-state index in [0.717, 1.165) is 25.7 Å². The molecule has 2 atom stereocenters. The highest BCUT2D eigenvalue weighted by molar-refractivity contribution is 6.00. The minimum atomic E-state index is -0.215. The van der Waals surface area contributed by atoms with Crippen LogP contribution in [0.1, 0.15) is 42.5 Å². The minimum Gasteiger partial charge on any atom is -0.349 e. The zero-order chi connectivity index (χ0) is 18.5. The number of rotatable bonds is 2. The van der Waals surface area contributed by atoms with Gasteiger partial charge in [-0.1, -0.05) is 18.6 Å². The second-order valence-corrected chi connectivity index (χ2v) is 7.97. The number of carbonyl (C=O) groups is 1. The van der Waals surface area contributed by atoms with Gasteiger partial charge in [0.2, 0.25) is 0 Å². The van der Waals surface area contributed by atoms with Gasteiger partial charge in [0, 0.05) is 12.1 Å². The predicted octanol–water partition coefficient (Wildman–Crippen LogP) is 2.23. The van der Waals surface area contributed by atoms with Gasteiger partial charge >= 0.3 is 0 Å². The summed E-state index contributed by atoms with van der Waals surface area (Å²) < 4.78 is 1.63. The summed E-state index contributed by atoms with van der Waals surface area (Å²) in [5.41, 5.74) is 7.51. The average Bonchev–Trinajstić information content (AvgIpc) is 3.07. The van der Waals surface area contributed by atoms with Crippen LogP contribution >= 0.6 is 12.4 Å². The lowest BCUT2D eigenvalue weighted by molar-refractivity contribution is 0.0757. The molecular formula is C20H24ClN5O2. The number of aromatic nitrogens is 3.